The van der Waals surface area contributed by atoms with Crippen molar-refractivity contribution in [3.8, 4) is 0 Å². The van der Waals surface area contributed by atoms with Crippen LogP contribution >= 0.6 is 15.9 Å². The Balaban J connectivity index is 2.32. The number of carboxylic acid groups (broad SMARTS) is 1. The van der Waals surface area contributed by atoms with Crippen molar-refractivity contribution in [2.75, 3.05) is 0 Å². The average molecular weight is 381 g/mol. The normalized spacial score (nSPS) is 11.7. The molecule has 0 atom stereocenters. The summed E-state index contributed by atoms with van der Waals surface area (Å²) in [6.45, 7) is 0. The molecule has 0 unspecified atom stereocenters. The average Bonchev–Trinajstić information content (AvgIpc) is 2.49. The Kier molecular flexibility index (Phi) is 5.15. The minimum atomic E-state index is -3.55. The zero-order valence-corrected chi connectivity index (χ0v) is 13.8. The number of allylic oxidation sites excluding steroid dienone is 1. The summed E-state index contributed by atoms with van der Waals surface area (Å²) in [4.78, 5) is 10.9. The lowest BCUT2D eigenvalue weighted by atomic mass is 10.1. The van der Waals surface area contributed by atoms with Crippen LogP contribution in [-0.2, 0) is 21.1 Å². The van der Waals surface area contributed by atoms with E-state index in [1.54, 1.807) is 36.4 Å². The van der Waals surface area contributed by atoms with E-state index in [1.165, 1.54) is 18.2 Å². The fourth-order valence-electron chi connectivity index (χ4n) is 1.88. The van der Waals surface area contributed by atoms with Gasteiger partial charge < -0.3 is 5.11 Å². The van der Waals surface area contributed by atoms with Crippen molar-refractivity contribution in [3.05, 3.63) is 70.7 Å². The standard InChI is InChI=1S/C16H13BrO4S/c17-15-11-14(10-9-12(15)5-4-8-16(18)19)22(20,21)13-6-2-1-3-7-13/h1-4,6-11H,5H2,(H,18,19)/b8-4+. The summed E-state index contributed by atoms with van der Waals surface area (Å²) in [5, 5.41) is 8.56. The molecule has 114 valence electrons. The maximum atomic E-state index is 12.5. The first kappa shape index (κ1) is 16.5. The molecule has 0 spiro atoms. The number of rotatable bonds is 5. The Morgan fingerprint density at radius 3 is 2.36 bits per heavy atom. The fraction of sp³-hybridized carbons (Fsp3) is 0.0625. The Morgan fingerprint density at radius 1 is 1.09 bits per heavy atom. The highest BCUT2D eigenvalue weighted by Gasteiger charge is 2.18. The molecule has 0 amide bonds. The van der Waals surface area contributed by atoms with E-state index in [9.17, 15) is 13.2 Å². The molecule has 22 heavy (non-hydrogen) atoms. The highest BCUT2D eigenvalue weighted by molar-refractivity contribution is 9.10. The lowest BCUT2D eigenvalue weighted by Gasteiger charge is -2.07. The van der Waals surface area contributed by atoms with Crippen LogP contribution in [0.5, 0.6) is 0 Å². The lowest BCUT2D eigenvalue weighted by Crippen LogP contribution is -2.02. The third-order valence-corrected chi connectivity index (χ3v) is 5.49. The summed E-state index contributed by atoms with van der Waals surface area (Å²) in [5.41, 5.74) is 0.810. The molecule has 0 heterocycles. The molecule has 0 fully saturated rings. The first-order valence-corrected chi connectivity index (χ1v) is 8.67. The molecule has 2 aromatic carbocycles. The van der Waals surface area contributed by atoms with Crippen LogP contribution in [0, 0.1) is 0 Å². The molecule has 0 aliphatic heterocycles. The molecule has 0 aliphatic carbocycles. The molecular weight excluding hydrogens is 368 g/mol. The third kappa shape index (κ3) is 3.84. The van der Waals surface area contributed by atoms with E-state index in [2.05, 4.69) is 15.9 Å². The number of hydrogen-bond acceptors (Lipinski definition) is 3. The van der Waals surface area contributed by atoms with Crippen LogP contribution in [0.25, 0.3) is 0 Å². The van der Waals surface area contributed by atoms with Crippen molar-refractivity contribution >= 4 is 31.7 Å². The molecule has 0 radical (unpaired) electrons. The summed E-state index contributed by atoms with van der Waals surface area (Å²) in [6, 6.07) is 12.9. The van der Waals surface area contributed by atoms with Crippen molar-refractivity contribution in [2.45, 2.75) is 16.2 Å². The van der Waals surface area contributed by atoms with Crippen LogP contribution in [0.2, 0.25) is 0 Å². The maximum Gasteiger partial charge on any atom is 0.327 e. The summed E-state index contributed by atoms with van der Waals surface area (Å²) in [6.07, 6.45) is 2.97. The molecule has 0 aliphatic rings. The van der Waals surface area contributed by atoms with Crippen molar-refractivity contribution < 1.29 is 18.3 Å². The van der Waals surface area contributed by atoms with E-state index in [1.807, 2.05) is 0 Å². The zero-order valence-electron chi connectivity index (χ0n) is 11.4. The summed E-state index contributed by atoms with van der Waals surface area (Å²) in [5.74, 6) is -1.01. The smallest absolute Gasteiger partial charge is 0.327 e. The molecule has 0 bridgehead atoms. The molecule has 0 aromatic heterocycles. The topological polar surface area (TPSA) is 71.4 Å². The van der Waals surface area contributed by atoms with Gasteiger partial charge in [0.2, 0.25) is 9.84 Å². The molecule has 6 heteroatoms. The number of hydrogen-bond donors (Lipinski definition) is 1. The number of aliphatic carboxylic acids is 1. The van der Waals surface area contributed by atoms with Gasteiger partial charge >= 0.3 is 5.97 Å². The lowest BCUT2D eigenvalue weighted by molar-refractivity contribution is -0.131. The van der Waals surface area contributed by atoms with Gasteiger partial charge in [-0.3, -0.25) is 0 Å². The minimum absolute atomic E-state index is 0.191. The fourth-order valence-corrected chi connectivity index (χ4v) is 3.88. The van der Waals surface area contributed by atoms with E-state index < -0.39 is 15.8 Å². The largest absolute Gasteiger partial charge is 0.478 e. The first-order valence-electron chi connectivity index (χ1n) is 6.39. The van der Waals surface area contributed by atoms with Gasteiger partial charge in [-0.05, 0) is 36.2 Å². The van der Waals surface area contributed by atoms with Gasteiger partial charge in [0.15, 0.2) is 0 Å². The molecule has 2 rings (SSSR count). The number of carboxylic acids is 1. The van der Waals surface area contributed by atoms with Gasteiger partial charge in [0.05, 0.1) is 9.79 Å². The first-order chi connectivity index (χ1) is 10.4. The van der Waals surface area contributed by atoms with E-state index >= 15 is 0 Å². The Morgan fingerprint density at radius 2 is 1.77 bits per heavy atom. The quantitative estimate of drug-likeness (QED) is 0.806. The monoisotopic (exact) mass is 380 g/mol. The number of sulfone groups is 1. The maximum absolute atomic E-state index is 12.5. The predicted molar refractivity (Wildman–Crippen MR) is 86.5 cm³/mol. The summed E-state index contributed by atoms with van der Waals surface area (Å²) in [7, 11) is -3.55. The van der Waals surface area contributed by atoms with Gasteiger partial charge in [0.25, 0.3) is 0 Å². The second-order valence-corrected chi connectivity index (χ2v) is 7.32. The van der Waals surface area contributed by atoms with Crippen LogP contribution in [0.3, 0.4) is 0 Å². The van der Waals surface area contributed by atoms with E-state index in [0.717, 1.165) is 11.6 Å². The molecular formula is C16H13BrO4S. The third-order valence-electron chi connectivity index (χ3n) is 2.99. The molecule has 0 saturated carbocycles. The Labute approximate surface area is 137 Å². The van der Waals surface area contributed by atoms with Crippen LogP contribution < -0.4 is 0 Å². The van der Waals surface area contributed by atoms with Gasteiger partial charge in [0.1, 0.15) is 0 Å². The second kappa shape index (κ2) is 6.89. The number of halogens is 1. The van der Waals surface area contributed by atoms with E-state index in [4.69, 9.17) is 5.11 Å². The highest BCUT2D eigenvalue weighted by Crippen LogP contribution is 2.26. The second-order valence-electron chi connectivity index (χ2n) is 4.51. The van der Waals surface area contributed by atoms with Crippen molar-refractivity contribution in [1.29, 1.82) is 0 Å². The molecule has 4 nitrogen and oxygen atoms in total. The van der Waals surface area contributed by atoms with Crippen LogP contribution in [0.15, 0.2) is 74.9 Å². The van der Waals surface area contributed by atoms with Crippen LogP contribution in [0.4, 0.5) is 0 Å². The number of benzene rings is 2. The van der Waals surface area contributed by atoms with E-state index in [-0.39, 0.29) is 9.79 Å². The Hall–Kier alpha value is -1.92. The highest BCUT2D eigenvalue weighted by atomic mass is 79.9. The van der Waals surface area contributed by atoms with Crippen molar-refractivity contribution in [1.82, 2.24) is 0 Å². The molecule has 2 aromatic rings. The predicted octanol–water partition coefficient (Wildman–Crippen LogP) is 3.47. The summed E-state index contributed by atoms with van der Waals surface area (Å²) < 4.78 is 25.6. The van der Waals surface area contributed by atoms with Gasteiger partial charge in [-0.2, -0.15) is 0 Å². The van der Waals surface area contributed by atoms with Crippen molar-refractivity contribution in [2.24, 2.45) is 0 Å². The van der Waals surface area contributed by atoms with Crippen molar-refractivity contribution in [3.63, 3.8) is 0 Å². The molecule has 0 saturated heterocycles. The zero-order chi connectivity index (χ0) is 16.2. The Bertz CT molecular complexity index is 811. The minimum Gasteiger partial charge on any atom is -0.478 e. The molecule has 1 N–H and O–H groups in total. The SMILES string of the molecule is O=C(O)/C=C/Cc1ccc(S(=O)(=O)c2ccccc2)cc1Br. The number of carbonyl (C=O) groups is 1. The van der Waals surface area contributed by atoms with Gasteiger partial charge in [-0.15, -0.1) is 0 Å². The van der Waals surface area contributed by atoms with Gasteiger partial charge in [-0.1, -0.05) is 46.3 Å². The van der Waals surface area contributed by atoms with Crippen LogP contribution in [-0.4, -0.2) is 19.5 Å². The van der Waals surface area contributed by atoms with E-state index in [0.29, 0.717) is 10.9 Å². The van der Waals surface area contributed by atoms with Crippen LogP contribution in [0.1, 0.15) is 5.56 Å². The van der Waals surface area contributed by atoms with Gasteiger partial charge in [0, 0.05) is 10.5 Å². The summed E-state index contributed by atoms with van der Waals surface area (Å²) >= 11 is 3.33. The van der Waals surface area contributed by atoms with Gasteiger partial charge in [-0.25, -0.2) is 13.2 Å².